The van der Waals surface area contributed by atoms with Gasteiger partial charge in [0.15, 0.2) is 0 Å². The van der Waals surface area contributed by atoms with Crippen LogP contribution in [0.4, 0.5) is 18.9 Å². The molecule has 0 spiro atoms. The summed E-state index contributed by atoms with van der Waals surface area (Å²) in [6.45, 7) is 1.86. The Bertz CT molecular complexity index is 414. The third-order valence-electron chi connectivity index (χ3n) is 2.98. The molecule has 0 aromatic heterocycles. The summed E-state index contributed by atoms with van der Waals surface area (Å²) in [6.07, 6.45) is -4.31. The minimum Gasteiger partial charge on any atom is -0.370 e. The monoisotopic (exact) mass is 276 g/mol. The van der Waals surface area contributed by atoms with Gasteiger partial charge in [-0.2, -0.15) is 24.9 Å². The number of halogens is 3. The van der Waals surface area contributed by atoms with Gasteiger partial charge in [0.25, 0.3) is 0 Å². The Morgan fingerprint density at radius 2 is 1.89 bits per heavy atom. The van der Waals surface area contributed by atoms with Crippen molar-refractivity contribution in [2.45, 2.75) is 12.7 Å². The fourth-order valence-corrected chi connectivity index (χ4v) is 2.94. The minimum atomic E-state index is -4.31. The molecule has 0 amide bonds. The van der Waals surface area contributed by atoms with Gasteiger partial charge in [-0.3, -0.25) is 0 Å². The summed E-state index contributed by atoms with van der Waals surface area (Å²) in [7, 11) is 0. The van der Waals surface area contributed by atoms with Crippen LogP contribution in [0.25, 0.3) is 0 Å². The van der Waals surface area contributed by atoms with Crippen LogP contribution in [-0.2, 0) is 12.7 Å². The number of thioether (sulfide) groups is 1. The number of hydrogen-bond donors (Lipinski definition) is 1. The molecule has 1 heterocycles. The van der Waals surface area contributed by atoms with Crippen LogP contribution in [0.3, 0.4) is 0 Å². The van der Waals surface area contributed by atoms with Crippen molar-refractivity contribution in [3.05, 3.63) is 29.3 Å². The Hall–Kier alpha value is -0.880. The van der Waals surface area contributed by atoms with Crippen molar-refractivity contribution in [1.82, 2.24) is 0 Å². The number of anilines is 1. The van der Waals surface area contributed by atoms with Crippen LogP contribution in [0, 0.1) is 0 Å². The lowest BCUT2D eigenvalue weighted by Crippen LogP contribution is -2.33. The summed E-state index contributed by atoms with van der Waals surface area (Å²) in [6, 6.07) is 3.84. The predicted molar refractivity (Wildman–Crippen MR) is 68.9 cm³/mol. The smallest absolute Gasteiger partial charge is 0.370 e. The molecule has 0 saturated carbocycles. The average molecular weight is 276 g/mol. The molecule has 0 unspecified atom stereocenters. The maximum Gasteiger partial charge on any atom is 0.416 e. The van der Waals surface area contributed by atoms with Gasteiger partial charge in [0.1, 0.15) is 0 Å². The highest BCUT2D eigenvalue weighted by atomic mass is 32.2. The lowest BCUT2D eigenvalue weighted by molar-refractivity contribution is -0.137. The number of hydrogen-bond acceptors (Lipinski definition) is 3. The zero-order valence-electron chi connectivity index (χ0n) is 9.83. The Kier molecular flexibility index (Phi) is 4.07. The Morgan fingerprint density at radius 3 is 2.44 bits per heavy atom. The molecule has 1 aromatic carbocycles. The third kappa shape index (κ3) is 2.92. The molecule has 1 aliphatic rings. The Balaban J connectivity index is 2.30. The second kappa shape index (κ2) is 5.40. The van der Waals surface area contributed by atoms with Gasteiger partial charge in [0, 0.05) is 36.8 Å². The molecule has 18 heavy (non-hydrogen) atoms. The molecule has 6 heteroatoms. The summed E-state index contributed by atoms with van der Waals surface area (Å²) in [5, 5.41) is 0. The van der Waals surface area contributed by atoms with Crippen LogP contribution in [0.15, 0.2) is 18.2 Å². The van der Waals surface area contributed by atoms with E-state index in [2.05, 4.69) is 4.90 Å². The molecule has 0 radical (unpaired) electrons. The van der Waals surface area contributed by atoms with E-state index in [0.29, 0.717) is 5.56 Å². The van der Waals surface area contributed by atoms with Crippen LogP contribution in [0.5, 0.6) is 0 Å². The van der Waals surface area contributed by atoms with Crippen LogP contribution >= 0.6 is 11.8 Å². The normalized spacial score (nSPS) is 17.0. The van der Waals surface area contributed by atoms with Gasteiger partial charge in [-0.15, -0.1) is 0 Å². The lowest BCUT2D eigenvalue weighted by atomic mass is 10.1. The highest BCUT2D eigenvalue weighted by molar-refractivity contribution is 7.99. The molecule has 2 rings (SSSR count). The van der Waals surface area contributed by atoms with Crippen LogP contribution in [0.2, 0.25) is 0 Å². The summed E-state index contributed by atoms with van der Waals surface area (Å²) in [5.74, 6) is 2.01. The minimum absolute atomic E-state index is 0.128. The fourth-order valence-electron chi connectivity index (χ4n) is 2.04. The first-order chi connectivity index (χ1) is 8.52. The molecule has 2 N–H and O–H groups in total. The second-order valence-electron chi connectivity index (χ2n) is 4.14. The van der Waals surface area contributed by atoms with Crippen molar-refractivity contribution in [3.8, 4) is 0 Å². The molecule has 2 nitrogen and oxygen atoms in total. The van der Waals surface area contributed by atoms with Gasteiger partial charge in [-0.1, -0.05) is 0 Å². The number of alkyl halides is 3. The maximum absolute atomic E-state index is 12.6. The fraction of sp³-hybridized carbons (Fsp3) is 0.500. The molecule has 1 aliphatic heterocycles. The van der Waals surface area contributed by atoms with E-state index in [-0.39, 0.29) is 6.54 Å². The van der Waals surface area contributed by atoms with Gasteiger partial charge in [0.05, 0.1) is 5.56 Å². The van der Waals surface area contributed by atoms with Crippen molar-refractivity contribution in [1.29, 1.82) is 0 Å². The van der Waals surface area contributed by atoms with Crippen molar-refractivity contribution in [3.63, 3.8) is 0 Å². The van der Waals surface area contributed by atoms with E-state index < -0.39 is 11.7 Å². The highest BCUT2D eigenvalue weighted by Crippen LogP contribution is 2.33. The molecule has 1 fully saturated rings. The van der Waals surface area contributed by atoms with E-state index in [1.807, 2.05) is 11.8 Å². The van der Waals surface area contributed by atoms with Crippen molar-refractivity contribution >= 4 is 17.4 Å². The molecular weight excluding hydrogens is 261 g/mol. The first-order valence-corrected chi connectivity index (χ1v) is 6.90. The molecular formula is C12H15F3N2S. The van der Waals surface area contributed by atoms with Crippen molar-refractivity contribution in [2.24, 2.45) is 5.73 Å². The summed E-state index contributed by atoms with van der Waals surface area (Å²) in [5.41, 5.74) is 6.35. The van der Waals surface area contributed by atoms with Crippen LogP contribution < -0.4 is 10.6 Å². The van der Waals surface area contributed by atoms with Gasteiger partial charge in [-0.25, -0.2) is 0 Å². The van der Waals surface area contributed by atoms with Gasteiger partial charge >= 0.3 is 6.18 Å². The van der Waals surface area contributed by atoms with E-state index in [1.54, 1.807) is 6.07 Å². The number of rotatable bonds is 2. The molecule has 0 aliphatic carbocycles. The molecule has 1 aromatic rings. The molecule has 1 saturated heterocycles. The lowest BCUT2D eigenvalue weighted by Gasteiger charge is -2.30. The third-order valence-corrected chi connectivity index (χ3v) is 3.92. The molecule has 100 valence electrons. The van der Waals surface area contributed by atoms with E-state index in [0.717, 1.165) is 42.4 Å². The quantitative estimate of drug-likeness (QED) is 0.900. The largest absolute Gasteiger partial charge is 0.416 e. The van der Waals surface area contributed by atoms with Crippen molar-refractivity contribution < 1.29 is 13.2 Å². The van der Waals surface area contributed by atoms with E-state index >= 15 is 0 Å². The maximum atomic E-state index is 12.6. The number of nitrogens with two attached hydrogens (primary N) is 1. The zero-order chi connectivity index (χ0) is 13.2. The van der Waals surface area contributed by atoms with Gasteiger partial charge in [-0.05, 0) is 23.8 Å². The van der Waals surface area contributed by atoms with Crippen LogP contribution in [-0.4, -0.2) is 24.6 Å². The Morgan fingerprint density at radius 1 is 1.22 bits per heavy atom. The van der Waals surface area contributed by atoms with E-state index in [4.69, 9.17) is 5.73 Å². The highest BCUT2D eigenvalue weighted by Gasteiger charge is 2.31. The predicted octanol–water partition coefficient (Wildman–Crippen LogP) is 2.72. The standard InChI is InChI=1S/C12H15F3N2S/c13-12(14,15)10-1-2-11(9(7-10)8-16)17-3-5-18-6-4-17/h1-2,7H,3-6,8,16H2. The first-order valence-electron chi connectivity index (χ1n) is 5.75. The Labute approximate surface area is 108 Å². The van der Waals surface area contributed by atoms with Crippen LogP contribution in [0.1, 0.15) is 11.1 Å². The van der Waals surface area contributed by atoms with E-state index in [1.165, 1.54) is 0 Å². The molecule has 0 atom stereocenters. The van der Waals surface area contributed by atoms with E-state index in [9.17, 15) is 13.2 Å². The SMILES string of the molecule is NCc1cc(C(F)(F)F)ccc1N1CCSCC1. The topological polar surface area (TPSA) is 29.3 Å². The summed E-state index contributed by atoms with van der Waals surface area (Å²) in [4.78, 5) is 2.11. The second-order valence-corrected chi connectivity index (χ2v) is 5.37. The number of benzene rings is 1. The van der Waals surface area contributed by atoms with Gasteiger partial charge < -0.3 is 10.6 Å². The summed E-state index contributed by atoms with van der Waals surface area (Å²) >= 11 is 1.86. The first kappa shape index (κ1) is 13.5. The summed E-state index contributed by atoms with van der Waals surface area (Å²) < 4.78 is 37.9. The molecule has 0 bridgehead atoms. The zero-order valence-corrected chi connectivity index (χ0v) is 10.7. The van der Waals surface area contributed by atoms with Crippen molar-refractivity contribution in [2.75, 3.05) is 29.5 Å². The van der Waals surface area contributed by atoms with Gasteiger partial charge in [0.2, 0.25) is 0 Å². The number of nitrogens with zero attached hydrogens (tertiary/aromatic N) is 1. The average Bonchev–Trinajstić information content (AvgIpc) is 2.38.